The third-order valence-electron chi connectivity index (χ3n) is 0.894. The van der Waals surface area contributed by atoms with E-state index in [1.54, 1.807) is 0 Å². The Kier molecular flexibility index (Phi) is 5.77. The van der Waals surface area contributed by atoms with Gasteiger partial charge in [-0.05, 0) is 18.4 Å². The van der Waals surface area contributed by atoms with Gasteiger partial charge in [0.1, 0.15) is 0 Å². The van der Waals surface area contributed by atoms with Gasteiger partial charge >= 0.3 is 0 Å². The molecule has 0 amide bonds. The van der Waals surface area contributed by atoms with Crippen LogP contribution < -0.4 is 5.73 Å². The first-order chi connectivity index (χ1) is 3.06. The van der Waals surface area contributed by atoms with E-state index in [-0.39, 0.29) is 12.4 Å². The molecule has 0 rings (SSSR count). The molecular weight excluding hydrogens is 122 g/mol. The monoisotopic (exact) mass is 137 g/mol. The Morgan fingerprint density at radius 3 is 1.62 bits per heavy atom. The van der Waals surface area contributed by atoms with Gasteiger partial charge in [0.15, 0.2) is 0 Å². The van der Waals surface area contributed by atoms with Crippen LogP contribution in [0.1, 0.15) is 27.2 Å². The van der Waals surface area contributed by atoms with Crippen molar-refractivity contribution in [1.29, 1.82) is 0 Å². The second-order valence-electron chi connectivity index (χ2n) is 3.10. The van der Waals surface area contributed by atoms with E-state index in [9.17, 15) is 0 Å². The van der Waals surface area contributed by atoms with Gasteiger partial charge in [0, 0.05) is 0 Å². The molecule has 2 heteroatoms. The van der Waals surface area contributed by atoms with Crippen LogP contribution in [0.2, 0.25) is 0 Å². The summed E-state index contributed by atoms with van der Waals surface area (Å²) in [6.45, 7) is 7.39. The second-order valence-corrected chi connectivity index (χ2v) is 3.10. The molecule has 8 heavy (non-hydrogen) atoms. The summed E-state index contributed by atoms with van der Waals surface area (Å²) >= 11 is 0. The van der Waals surface area contributed by atoms with Crippen molar-refractivity contribution in [2.45, 2.75) is 27.2 Å². The van der Waals surface area contributed by atoms with Gasteiger partial charge in [0.25, 0.3) is 0 Å². The van der Waals surface area contributed by atoms with Gasteiger partial charge in [-0.15, -0.1) is 12.4 Å². The van der Waals surface area contributed by atoms with Gasteiger partial charge in [-0.25, -0.2) is 0 Å². The van der Waals surface area contributed by atoms with Gasteiger partial charge in [-0.3, -0.25) is 0 Å². The predicted octanol–water partition coefficient (Wildman–Crippen LogP) is 1.80. The van der Waals surface area contributed by atoms with E-state index >= 15 is 0 Å². The second kappa shape index (κ2) is 4.16. The first kappa shape index (κ1) is 11.1. The van der Waals surface area contributed by atoms with Crippen LogP contribution in [0.4, 0.5) is 0 Å². The normalized spacial score (nSPS) is 10.5. The van der Waals surface area contributed by atoms with E-state index in [4.69, 9.17) is 5.73 Å². The van der Waals surface area contributed by atoms with E-state index < -0.39 is 0 Å². The van der Waals surface area contributed by atoms with Crippen molar-refractivity contribution in [1.82, 2.24) is 0 Å². The number of nitrogens with two attached hydrogens (primary N) is 1. The zero-order valence-corrected chi connectivity index (χ0v) is 6.72. The van der Waals surface area contributed by atoms with Crippen molar-refractivity contribution in [3.05, 3.63) is 0 Å². The summed E-state index contributed by atoms with van der Waals surface area (Å²) in [5.41, 5.74) is 5.74. The highest BCUT2D eigenvalue weighted by Crippen LogP contribution is 2.15. The summed E-state index contributed by atoms with van der Waals surface area (Å²) in [5, 5.41) is 0. The summed E-state index contributed by atoms with van der Waals surface area (Å²) in [4.78, 5) is 0. The summed E-state index contributed by atoms with van der Waals surface area (Å²) in [5.74, 6) is 0. The third kappa shape index (κ3) is 9.54. The molecule has 0 aliphatic rings. The molecule has 0 aliphatic heterocycles. The summed E-state index contributed by atoms with van der Waals surface area (Å²) in [7, 11) is 0. The lowest BCUT2D eigenvalue weighted by Gasteiger charge is -2.15. The smallest absolute Gasteiger partial charge is 0.00723 e. The fraction of sp³-hybridized carbons (Fsp3) is 1.00. The van der Waals surface area contributed by atoms with Crippen LogP contribution in [0.3, 0.4) is 0 Å². The van der Waals surface area contributed by atoms with E-state index in [1.165, 1.54) is 0 Å². The lowest BCUT2D eigenvalue weighted by atomic mass is 9.93. The van der Waals surface area contributed by atoms with E-state index in [1.807, 2.05) is 0 Å². The van der Waals surface area contributed by atoms with E-state index in [0.29, 0.717) is 5.41 Å². The summed E-state index contributed by atoms with van der Waals surface area (Å²) < 4.78 is 0. The Bertz CT molecular complexity index is 47.0. The molecule has 0 fully saturated rings. The Morgan fingerprint density at radius 1 is 1.25 bits per heavy atom. The van der Waals surface area contributed by atoms with E-state index in [0.717, 1.165) is 13.0 Å². The van der Waals surface area contributed by atoms with Crippen molar-refractivity contribution in [2.24, 2.45) is 11.1 Å². The Hall–Kier alpha value is 0.250. The molecule has 0 bridgehead atoms. The largest absolute Gasteiger partial charge is 0.330 e. The molecule has 0 aromatic carbocycles. The van der Waals surface area contributed by atoms with Crippen LogP contribution in [-0.2, 0) is 0 Å². The van der Waals surface area contributed by atoms with Crippen molar-refractivity contribution in [2.75, 3.05) is 6.54 Å². The molecule has 2 N–H and O–H groups in total. The van der Waals surface area contributed by atoms with Crippen LogP contribution in [0.15, 0.2) is 0 Å². The maximum Gasteiger partial charge on any atom is -0.00723 e. The van der Waals surface area contributed by atoms with Crippen LogP contribution in [0, 0.1) is 5.41 Å². The highest BCUT2D eigenvalue weighted by atomic mass is 35.5. The highest BCUT2D eigenvalue weighted by molar-refractivity contribution is 5.85. The minimum atomic E-state index is 0. The third-order valence-corrected chi connectivity index (χ3v) is 0.894. The average molecular weight is 138 g/mol. The highest BCUT2D eigenvalue weighted by Gasteiger charge is 2.06. The van der Waals surface area contributed by atoms with Crippen LogP contribution in [0.25, 0.3) is 0 Å². The minimum Gasteiger partial charge on any atom is -0.330 e. The molecule has 0 saturated heterocycles. The van der Waals surface area contributed by atoms with Crippen molar-refractivity contribution >= 4 is 12.4 Å². The van der Waals surface area contributed by atoms with Crippen molar-refractivity contribution < 1.29 is 0 Å². The number of halogens is 1. The molecule has 0 aromatic rings. The first-order valence-electron chi connectivity index (χ1n) is 2.76. The van der Waals surface area contributed by atoms with Crippen LogP contribution in [-0.4, -0.2) is 6.54 Å². The van der Waals surface area contributed by atoms with Gasteiger partial charge in [-0.2, -0.15) is 0 Å². The Labute approximate surface area is 58.1 Å². The molecule has 0 aliphatic carbocycles. The Balaban J connectivity index is 0. The summed E-state index contributed by atoms with van der Waals surface area (Å²) in [6.07, 6.45) is 1.12. The van der Waals surface area contributed by atoms with Crippen LogP contribution >= 0.6 is 12.4 Å². The van der Waals surface area contributed by atoms with Gasteiger partial charge in [0.2, 0.25) is 0 Å². The van der Waals surface area contributed by atoms with Crippen LogP contribution in [0.5, 0.6) is 0 Å². The Morgan fingerprint density at radius 2 is 1.62 bits per heavy atom. The predicted molar refractivity (Wildman–Crippen MR) is 40.4 cm³/mol. The first-order valence-corrected chi connectivity index (χ1v) is 2.76. The average Bonchev–Trinajstić information content (AvgIpc) is 1.30. The maximum absolute atomic E-state index is 5.31. The zero-order chi connectivity index (χ0) is 5.91. The molecule has 0 heterocycles. The molecule has 0 spiro atoms. The SMILES string of the molecule is CC(C)(C)CCN.Cl. The maximum atomic E-state index is 5.31. The molecule has 0 saturated carbocycles. The molecule has 0 atom stereocenters. The minimum absolute atomic E-state index is 0. The number of hydrogen-bond donors (Lipinski definition) is 1. The molecule has 0 aromatic heterocycles. The fourth-order valence-electron chi connectivity index (χ4n) is 0.433. The quantitative estimate of drug-likeness (QED) is 0.586. The van der Waals surface area contributed by atoms with Gasteiger partial charge in [-0.1, -0.05) is 20.8 Å². The van der Waals surface area contributed by atoms with Gasteiger partial charge < -0.3 is 5.73 Å². The molecule has 52 valence electrons. The lowest BCUT2D eigenvalue weighted by molar-refractivity contribution is 0.385. The van der Waals surface area contributed by atoms with E-state index in [2.05, 4.69) is 20.8 Å². The molecule has 1 nitrogen and oxygen atoms in total. The number of hydrogen-bond acceptors (Lipinski definition) is 1. The topological polar surface area (TPSA) is 26.0 Å². The lowest BCUT2D eigenvalue weighted by Crippen LogP contribution is -2.12. The zero-order valence-electron chi connectivity index (χ0n) is 5.90. The fourth-order valence-corrected chi connectivity index (χ4v) is 0.433. The molecule has 0 unspecified atom stereocenters. The molecule has 0 radical (unpaired) electrons. The van der Waals surface area contributed by atoms with Crippen molar-refractivity contribution in [3.63, 3.8) is 0 Å². The summed E-state index contributed by atoms with van der Waals surface area (Å²) in [6, 6.07) is 0. The van der Waals surface area contributed by atoms with Gasteiger partial charge in [0.05, 0.1) is 0 Å². The molecular formula is C6H16ClN. The standard InChI is InChI=1S/C6H15N.ClH/c1-6(2,3)4-5-7;/h4-5,7H2,1-3H3;1H. The van der Waals surface area contributed by atoms with Crippen molar-refractivity contribution in [3.8, 4) is 0 Å². The number of rotatable bonds is 1.